The Morgan fingerprint density at radius 1 is 1.36 bits per heavy atom. The molecule has 0 saturated heterocycles. The summed E-state index contributed by atoms with van der Waals surface area (Å²) in [5.41, 5.74) is 6.43. The van der Waals surface area contributed by atoms with Gasteiger partial charge >= 0.3 is 0 Å². The van der Waals surface area contributed by atoms with Crippen molar-refractivity contribution in [3.8, 4) is 0 Å². The molecule has 0 spiro atoms. The SMILES string of the molecule is Nc1nc(C=O)c2ccc(Br)cc2n1. The first-order valence-corrected chi connectivity index (χ1v) is 4.68. The van der Waals surface area contributed by atoms with Crippen LogP contribution in [0.1, 0.15) is 10.5 Å². The quantitative estimate of drug-likeness (QED) is 0.785. The Morgan fingerprint density at radius 3 is 2.86 bits per heavy atom. The number of hydrogen-bond donors (Lipinski definition) is 1. The standard InChI is InChI=1S/C9H6BrN3O/c10-5-1-2-6-7(3-5)12-9(11)13-8(6)4-14/h1-4H,(H2,11,12,13). The summed E-state index contributed by atoms with van der Waals surface area (Å²) >= 11 is 3.31. The minimum atomic E-state index is 0.109. The second-order valence-corrected chi connectivity index (χ2v) is 3.66. The van der Waals surface area contributed by atoms with Crippen LogP contribution >= 0.6 is 15.9 Å². The number of anilines is 1. The molecule has 0 aliphatic rings. The van der Waals surface area contributed by atoms with Crippen molar-refractivity contribution in [2.24, 2.45) is 0 Å². The minimum absolute atomic E-state index is 0.109. The molecule has 0 saturated carbocycles. The molecule has 5 heteroatoms. The first-order chi connectivity index (χ1) is 6.70. The molecule has 0 aliphatic heterocycles. The highest BCUT2D eigenvalue weighted by molar-refractivity contribution is 9.10. The number of nitrogens with zero attached hydrogens (tertiary/aromatic N) is 2. The number of benzene rings is 1. The fraction of sp³-hybridized carbons (Fsp3) is 0. The summed E-state index contributed by atoms with van der Waals surface area (Å²) in [4.78, 5) is 18.6. The zero-order valence-electron chi connectivity index (χ0n) is 7.07. The molecule has 0 atom stereocenters. The number of hydrogen-bond acceptors (Lipinski definition) is 4. The Hall–Kier alpha value is -1.49. The number of halogens is 1. The van der Waals surface area contributed by atoms with E-state index in [9.17, 15) is 4.79 Å². The lowest BCUT2D eigenvalue weighted by atomic mass is 10.2. The molecule has 2 N–H and O–H groups in total. The van der Waals surface area contributed by atoms with Gasteiger partial charge in [-0.15, -0.1) is 0 Å². The van der Waals surface area contributed by atoms with Gasteiger partial charge in [0.1, 0.15) is 5.69 Å². The van der Waals surface area contributed by atoms with Crippen molar-refractivity contribution in [3.05, 3.63) is 28.4 Å². The van der Waals surface area contributed by atoms with E-state index < -0.39 is 0 Å². The van der Waals surface area contributed by atoms with Crippen LogP contribution in [0, 0.1) is 0 Å². The number of aldehydes is 1. The van der Waals surface area contributed by atoms with E-state index in [2.05, 4.69) is 25.9 Å². The molecule has 1 aromatic heterocycles. The van der Waals surface area contributed by atoms with Crippen molar-refractivity contribution in [3.63, 3.8) is 0 Å². The Balaban J connectivity index is 2.87. The summed E-state index contributed by atoms with van der Waals surface area (Å²) in [7, 11) is 0. The van der Waals surface area contributed by atoms with Crippen molar-refractivity contribution in [1.29, 1.82) is 0 Å². The molecule has 1 aromatic carbocycles. The number of nitrogen functional groups attached to an aromatic ring is 1. The van der Waals surface area contributed by atoms with Crippen LogP contribution in [0.5, 0.6) is 0 Å². The second kappa shape index (κ2) is 3.34. The zero-order chi connectivity index (χ0) is 10.1. The van der Waals surface area contributed by atoms with Crippen LogP contribution in [0.3, 0.4) is 0 Å². The van der Waals surface area contributed by atoms with Crippen LogP contribution in [0.25, 0.3) is 10.9 Å². The molecule has 0 fully saturated rings. The van der Waals surface area contributed by atoms with Crippen molar-refractivity contribution in [2.45, 2.75) is 0 Å². The molecule has 0 amide bonds. The van der Waals surface area contributed by atoms with Crippen LogP contribution in [-0.4, -0.2) is 16.3 Å². The molecule has 0 aliphatic carbocycles. The van der Waals surface area contributed by atoms with Gasteiger partial charge < -0.3 is 5.73 Å². The first kappa shape index (κ1) is 9.08. The fourth-order valence-electron chi connectivity index (χ4n) is 1.24. The smallest absolute Gasteiger partial charge is 0.221 e. The van der Waals surface area contributed by atoms with Gasteiger partial charge in [-0.05, 0) is 18.2 Å². The Kier molecular flexibility index (Phi) is 2.17. The van der Waals surface area contributed by atoms with Gasteiger partial charge in [0, 0.05) is 9.86 Å². The number of carbonyl (C=O) groups excluding carboxylic acids is 1. The molecule has 0 radical (unpaired) electrons. The van der Waals surface area contributed by atoms with Crippen LogP contribution in [-0.2, 0) is 0 Å². The number of rotatable bonds is 1. The Labute approximate surface area is 88.3 Å². The van der Waals surface area contributed by atoms with Crippen LogP contribution in [0.15, 0.2) is 22.7 Å². The molecule has 70 valence electrons. The fourth-order valence-corrected chi connectivity index (χ4v) is 1.58. The first-order valence-electron chi connectivity index (χ1n) is 3.88. The Morgan fingerprint density at radius 2 is 2.14 bits per heavy atom. The highest BCUT2D eigenvalue weighted by Crippen LogP contribution is 2.20. The summed E-state index contributed by atoms with van der Waals surface area (Å²) < 4.78 is 0.889. The average molecular weight is 252 g/mol. The molecular weight excluding hydrogens is 246 g/mol. The monoisotopic (exact) mass is 251 g/mol. The maximum Gasteiger partial charge on any atom is 0.221 e. The van der Waals surface area contributed by atoms with Gasteiger partial charge in [-0.25, -0.2) is 9.97 Å². The predicted octanol–water partition coefficient (Wildman–Crippen LogP) is 1.79. The third-order valence-corrected chi connectivity index (χ3v) is 2.31. The number of carbonyl (C=O) groups is 1. The van der Waals surface area contributed by atoms with Gasteiger partial charge in [-0.3, -0.25) is 4.79 Å². The van der Waals surface area contributed by atoms with Gasteiger partial charge in [0.05, 0.1) is 5.52 Å². The number of nitrogens with two attached hydrogens (primary N) is 1. The normalized spacial score (nSPS) is 10.4. The summed E-state index contributed by atoms with van der Waals surface area (Å²) in [5.74, 6) is 0.109. The van der Waals surface area contributed by atoms with Gasteiger partial charge in [-0.2, -0.15) is 0 Å². The second-order valence-electron chi connectivity index (χ2n) is 2.75. The average Bonchev–Trinajstić information content (AvgIpc) is 2.15. The molecule has 2 aromatic rings. The van der Waals surface area contributed by atoms with E-state index in [-0.39, 0.29) is 5.95 Å². The molecule has 2 rings (SSSR count). The van der Waals surface area contributed by atoms with Crippen molar-refractivity contribution in [2.75, 3.05) is 5.73 Å². The molecular formula is C9H6BrN3O. The van der Waals surface area contributed by atoms with Crippen molar-refractivity contribution < 1.29 is 4.79 Å². The largest absolute Gasteiger partial charge is 0.368 e. The van der Waals surface area contributed by atoms with Crippen molar-refractivity contribution >= 4 is 39.1 Å². The van der Waals surface area contributed by atoms with Crippen LogP contribution < -0.4 is 5.73 Å². The highest BCUT2D eigenvalue weighted by Gasteiger charge is 2.04. The third kappa shape index (κ3) is 1.46. The van der Waals surface area contributed by atoms with E-state index in [1.807, 2.05) is 6.07 Å². The van der Waals surface area contributed by atoms with E-state index in [4.69, 9.17) is 5.73 Å². The van der Waals surface area contributed by atoms with E-state index in [0.717, 1.165) is 4.47 Å². The number of aromatic nitrogens is 2. The van der Waals surface area contributed by atoms with E-state index >= 15 is 0 Å². The number of fused-ring (bicyclic) bond motifs is 1. The third-order valence-electron chi connectivity index (χ3n) is 1.82. The van der Waals surface area contributed by atoms with Gasteiger partial charge in [-0.1, -0.05) is 15.9 Å². The lowest BCUT2D eigenvalue weighted by Crippen LogP contribution is -1.99. The molecule has 14 heavy (non-hydrogen) atoms. The van der Waals surface area contributed by atoms with Gasteiger partial charge in [0.25, 0.3) is 0 Å². The molecule has 4 nitrogen and oxygen atoms in total. The maximum atomic E-state index is 10.7. The summed E-state index contributed by atoms with van der Waals surface area (Å²) in [6, 6.07) is 5.40. The van der Waals surface area contributed by atoms with Crippen molar-refractivity contribution in [1.82, 2.24) is 9.97 Å². The maximum absolute atomic E-state index is 10.7. The summed E-state index contributed by atoms with van der Waals surface area (Å²) in [6.07, 6.45) is 0.675. The van der Waals surface area contributed by atoms with E-state index in [1.54, 1.807) is 12.1 Å². The topological polar surface area (TPSA) is 68.9 Å². The predicted molar refractivity (Wildman–Crippen MR) is 57.0 cm³/mol. The van der Waals surface area contributed by atoms with E-state index in [0.29, 0.717) is 22.9 Å². The molecule has 0 unspecified atom stereocenters. The molecule has 0 bridgehead atoms. The minimum Gasteiger partial charge on any atom is -0.368 e. The van der Waals surface area contributed by atoms with Crippen LogP contribution in [0.2, 0.25) is 0 Å². The lowest BCUT2D eigenvalue weighted by Gasteiger charge is -2.01. The van der Waals surface area contributed by atoms with Crippen LogP contribution in [0.4, 0.5) is 5.95 Å². The van der Waals surface area contributed by atoms with E-state index in [1.165, 1.54) is 0 Å². The van der Waals surface area contributed by atoms with Gasteiger partial charge in [0.2, 0.25) is 5.95 Å². The summed E-state index contributed by atoms with van der Waals surface area (Å²) in [5, 5.41) is 0.706. The highest BCUT2D eigenvalue weighted by atomic mass is 79.9. The lowest BCUT2D eigenvalue weighted by molar-refractivity contribution is 0.112. The summed E-state index contributed by atoms with van der Waals surface area (Å²) in [6.45, 7) is 0. The Bertz CT molecular complexity index is 507. The molecule has 1 heterocycles. The van der Waals surface area contributed by atoms with Gasteiger partial charge in [0.15, 0.2) is 6.29 Å². The zero-order valence-corrected chi connectivity index (χ0v) is 8.65.